The van der Waals surface area contributed by atoms with Crippen molar-refractivity contribution in [1.29, 1.82) is 0 Å². The van der Waals surface area contributed by atoms with E-state index in [2.05, 4.69) is 20.1 Å². The molecule has 0 N–H and O–H groups in total. The summed E-state index contributed by atoms with van der Waals surface area (Å²) in [6.07, 6.45) is 7.23. The molecule has 30 heavy (non-hydrogen) atoms. The Hall–Kier alpha value is -2.25. The van der Waals surface area contributed by atoms with Crippen LogP contribution in [0.25, 0.3) is 11.4 Å². The topological polar surface area (TPSA) is 46.8 Å². The fourth-order valence-electron chi connectivity index (χ4n) is 4.78. The maximum absolute atomic E-state index is 13.2. The molecule has 1 saturated carbocycles. The standard InChI is InChI=1S/C23H26FN5S/c1-28-21(18-4-2-10-25-15-18)26-27-22(28)30-13-3-11-29-12-9-23(16-29)14-20(23)17-5-7-19(24)8-6-17/h2,4-8,10,15,20H,3,9,11-14,16H2,1H3/t20-,23?/m1/s1. The number of likely N-dealkylation sites (tertiary alicyclic amines) is 1. The van der Waals surface area contributed by atoms with Crippen molar-refractivity contribution in [3.05, 3.63) is 60.2 Å². The van der Waals surface area contributed by atoms with Gasteiger partial charge in [-0.2, -0.15) is 0 Å². The van der Waals surface area contributed by atoms with Crippen LogP contribution in [0.2, 0.25) is 0 Å². The van der Waals surface area contributed by atoms with Crippen molar-refractivity contribution in [2.45, 2.75) is 30.3 Å². The van der Waals surface area contributed by atoms with Crippen LogP contribution >= 0.6 is 11.8 Å². The van der Waals surface area contributed by atoms with Gasteiger partial charge < -0.3 is 9.47 Å². The largest absolute Gasteiger partial charge is 0.305 e. The first-order valence-corrected chi connectivity index (χ1v) is 11.5. The first kappa shape index (κ1) is 19.7. The highest BCUT2D eigenvalue weighted by Gasteiger charge is 2.57. The minimum absolute atomic E-state index is 0.144. The van der Waals surface area contributed by atoms with Crippen molar-refractivity contribution in [2.24, 2.45) is 12.5 Å². The minimum Gasteiger partial charge on any atom is -0.305 e. The van der Waals surface area contributed by atoms with E-state index in [4.69, 9.17) is 0 Å². The molecule has 1 spiro atoms. The number of aromatic nitrogens is 4. The Morgan fingerprint density at radius 1 is 1.20 bits per heavy atom. The lowest BCUT2D eigenvalue weighted by atomic mass is 9.98. The van der Waals surface area contributed by atoms with Gasteiger partial charge in [0, 0.05) is 37.3 Å². The molecule has 1 unspecified atom stereocenters. The first-order chi connectivity index (χ1) is 14.6. The van der Waals surface area contributed by atoms with Crippen molar-refractivity contribution < 1.29 is 4.39 Å². The molecule has 156 valence electrons. The normalized spacial score (nSPS) is 23.3. The summed E-state index contributed by atoms with van der Waals surface area (Å²) in [6, 6.07) is 11.0. The molecule has 1 aliphatic heterocycles. The van der Waals surface area contributed by atoms with E-state index < -0.39 is 0 Å². The number of benzene rings is 1. The highest BCUT2D eigenvalue weighted by Crippen LogP contribution is 2.64. The van der Waals surface area contributed by atoms with Crippen LogP contribution in [0.1, 0.15) is 30.7 Å². The molecule has 1 saturated heterocycles. The van der Waals surface area contributed by atoms with Crippen LogP contribution in [0.5, 0.6) is 0 Å². The van der Waals surface area contributed by atoms with Crippen molar-refractivity contribution in [3.8, 4) is 11.4 Å². The zero-order chi connectivity index (χ0) is 20.6. The summed E-state index contributed by atoms with van der Waals surface area (Å²) in [5, 5.41) is 9.63. The lowest BCUT2D eigenvalue weighted by Gasteiger charge is -2.16. The monoisotopic (exact) mass is 423 g/mol. The van der Waals surface area contributed by atoms with Crippen LogP contribution < -0.4 is 0 Å². The smallest absolute Gasteiger partial charge is 0.191 e. The van der Waals surface area contributed by atoms with E-state index in [1.54, 1.807) is 30.1 Å². The van der Waals surface area contributed by atoms with Crippen molar-refractivity contribution in [3.63, 3.8) is 0 Å². The van der Waals surface area contributed by atoms with Gasteiger partial charge in [0.2, 0.25) is 0 Å². The van der Waals surface area contributed by atoms with Crippen LogP contribution in [-0.2, 0) is 7.05 Å². The van der Waals surface area contributed by atoms with Gasteiger partial charge in [-0.05, 0) is 73.5 Å². The first-order valence-electron chi connectivity index (χ1n) is 10.6. The van der Waals surface area contributed by atoms with Gasteiger partial charge in [-0.15, -0.1) is 10.2 Å². The van der Waals surface area contributed by atoms with E-state index in [1.807, 2.05) is 42.1 Å². The molecule has 7 heteroatoms. The van der Waals surface area contributed by atoms with Crippen LogP contribution in [0.4, 0.5) is 4.39 Å². The molecule has 5 rings (SSSR count). The number of rotatable bonds is 7. The molecule has 2 fully saturated rings. The van der Waals surface area contributed by atoms with E-state index in [0.29, 0.717) is 11.3 Å². The van der Waals surface area contributed by atoms with Gasteiger partial charge in [0.15, 0.2) is 11.0 Å². The number of hydrogen-bond acceptors (Lipinski definition) is 5. The lowest BCUT2D eigenvalue weighted by molar-refractivity contribution is 0.319. The van der Waals surface area contributed by atoms with Gasteiger partial charge in [0.25, 0.3) is 0 Å². The molecule has 3 heterocycles. The Balaban J connectivity index is 1.09. The second-order valence-corrected chi connectivity index (χ2v) is 9.57. The summed E-state index contributed by atoms with van der Waals surface area (Å²) < 4.78 is 15.2. The van der Waals surface area contributed by atoms with E-state index in [9.17, 15) is 4.39 Å². The van der Waals surface area contributed by atoms with Gasteiger partial charge in [-0.1, -0.05) is 23.9 Å². The van der Waals surface area contributed by atoms with Gasteiger partial charge >= 0.3 is 0 Å². The number of pyridine rings is 1. The second kappa shape index (κ2) is 8.12. The molecule has 0 amide bonds. The third-order valence-electron chi connectivity index (χ3n) is 6.53. The van der Waals surface area contributed by atoms with Crippen molar-refractivity contribution in [2.75, 3.05) is 25.4 Å². The lowest BCUT2D eigenvalue weighted by Crippen LogP contribution is -2.23. The highest BCUT2D eigenvalue weighted by molar-refractivity contribution is 7.99. The van der Waals surface area contributed by atoms with E-state index in [0.717, 1.165) is 35.3 Å². The third-order valence-corrected chi connectivity index (χ3v) is 7.64. The Morgan fingerprint density at radius 2 is 2.07 bits per heavy atom. The molecule has 0 radical (unpaired) electrons. The summed E-state index contributed by atoms with van der Waals surface area (Å²) in [5.41, 5.74) is 2.73. The second-order valence-electron chi connectivity index (χ2n) is 8.51. The number of hydrogen-bond donors (Lipinski definition) is 0. The number of thioether (sulfide) groups is 1. The van der Waals surface area contributed by atoms with Crippen LogP contribution in [-0.4, -0.2) is 50.0 Å². The van der Waals surface area contributed by atoms with Gasteiger partial charge in [0.05, 0.1) is 0 Å². The van der Waals surface area contributed by atoms with Crippen molar-refractivity contribution >= 4 is 11.8 Å². The molecule has 3 aromatic rings. The van der Waals surface area contributed by atoms with Gasteiger partial charge in [-0.3, -0.25) is 4.98 Å². The SMILES string of the molecule is Cn1c(SCCCN2CCC3(C[C@@H]3c3ccc(F)cc3)C2)nnc1-c1cccnc1. The minimum atomic E-state index is -0.144. The quantitative estimate of drug-likeness (QED) is 0.417. The average molecular weight is 424 g/mol. The summed E-state index contributed by atoms with van der Waals surface area (Å²) >= 11 is 1.77. The predicted molar refractivity (Wildman–Crippen MR) is 117 cm³/mol. The maximum atomic E-state index is 13.2. The van der Waals surface area contributed by atoms with Gasteiger partial charge in [0.1, 0.15) is 5.82 Å². The molecule has 2 aromatic heterocycles. The molecular formula is C23H26FN5S. The van der Waals surface area contributed by atoms with E-state index in [1.165, 1.54) is 31.5 Å². The van der Waals surface area contributed by atoms with E-state index in [-0.39, 0.29) is 5.82 Å². The fraction of sp³-hybridized carbons (Fsp3) is 0.435. The Bertz CT molecular complexity index is 1010. The zero-order valence-electron chi connectivity index (χ0n) is 17.2. The third kappa shape index (κ3) is 3.88. The highest BCUT2D eigenvalue weighted by atomic mass is 32.2. The van der Waals surface area contributed by atoms with Gasteiger partial charge in [-0.25, -0.2) is 4.39 Å². The Labute approximate surface area is 180 Å². The van der Waals surface area contributed by atoms with Crippen LogP contribution in [0.3, 0.4) is 0 Å². The molecule has 2 aliphatic rings. The van der Waals surface area contributed by atoms with Crippen LogP contribution in [0.15, 0.2) is 53.9 Å². The number of nitrogens with zero attached hydrogens (tertiary/aromatic N) is 5. The predicted octanol–water partition coefficient (Wildman–Crippen LogP) is 4.38. The summed E-state index contributed by atoms with van der Waals surface area (Å²) in [6.45, 7) is 3.48. The molecule has 5 nitrogen and oxygen atoms in total. The summed E-state index contributed by atoms with van der Waals surface area (Å²) in [7, 11) is 2.01. The van der Waals surface area contributed by atoms with E-state index >= 15 is 0 Å². The Morgan fingerprint density at radius 3 is 2.87 bits per heavy atom. The average Bonchev–Trinajstić information content (AvgIpc) is 3.11. The van der Waals surface area contributed by atoms with Crippen molar-refractivity contribution in [1.82, 2.24) is 24.6 Å². The Kier molecular flexibility index (Phi) is 5.33. The number of halogens is 1. The summed E-state index contributed by atoms with van der Waals surface area (Å²) in [5.74, 6) is 2.35. The molecule has 1 aliphatic carbocycles. The van der Waals surface area contributed by atoms with Crippen LogP contribution in [0, 0.1) is 11.2 Å². The maximum Gasteiger partial charge on any atom is 0.191 e. The zero-order valence-corrected chi connectivity index (χ0v) is 18.0. The molecule has 0 bridgehead atoms. The molecule has 1 aromatic carbocycles. The molecule has 2 atom stereocenters. The fourth-order valence-corrected chi connectivity index (χ4v) is 5.61. The summed E-state index contributed by atoms with van der Waals surface area (Å²) in [4.78, 5) is 6.77. The molecular weight excluding hydrogens is 397 g/mol.